The van der Waals surface area contributed by atoms with Crippen LogP contribution >= 0.6 is 27.5 Å². The highest BCUT2D eigenvalue weighted by Gasteiger charge is 2.10. The molecule has 1 aromatic heterocycles. The topological polar surface area (TPSA) is 34.1 Å². The Balaban J connectivity index is 2.16. The third kappa shape index (κ3) is 4.66. The van der Waals surface area contributed by atoms with E-state index in [9.17, 15) is 4.39 Å². The first kappa shape index (κ1) is 16.2. The zero-order valence-electron chi connectivity index (χ0n) is 11.7. The van der Waals surface area contributed by atoms with Gasteiger partial charge in [0.1, 0.15) is 11.6 Å². The van der Waals surface area contributed by atoms with Crippen LogP contribution in [0.4, 0.5) is 4.39 Å². The molecule has 2 aromatic rings. The minimum atomic E-state index is -0.535. The van der Waals surface area contributed by atoms with Crippen LogP contribution in [-0.2, 0) is 6.54 Å². The highest BCUT2D eigenvalue weighted by molar-refractivity contribution is 9.10. The molecule has 3 nitrogen and oxygen atoms in total. The van der Waals surface area contributed by atoms with Gasteiger partial charge in [-0.3, -0.25) is 0 Å². The van der Waals surface area contributed by atoms with Crippen LogP contribution in [0.25, 0.3) is 0 Å². The van der Waals surface area contributed by atoms with E-state index in [2.05, 4.69) is 40.1 Å². The monoisotopic (exact) mass is 372 g/mol. The number of ether oxygens (including phenoxy) is 1. The van der Waals surface area contributed by atoms with Gasteiger partial charge in [0.05, 0.1) is 15.2 Å². The van der Waals surface area contributed by atoms with Crippen LogP contribution in [0, 0.1) is 5.82 Å². The van der Waals surface area contributed by atoms with Gasteiger partial charge in [-0.15, -0.1) is 0 Å². The predicted molar refractivity (Wildman–Crippen MR) is 85.4 cm³/mol. The summed E-state index contributed by atoms with van der Waals surface area (Å²) in [6.07, 6.45) is 0. The van der Waals surface area contributed by atoms with Crippen molar-refractivity contribution in [1.82, 2.24) is 10.3 Å². The first-order valence-electron chi connectivity index (χ1n) is 6.47. The van der Waals surface area contributed by atoms with Crippen molar-refractivity contribution in [2.45, 2.75) is 26.4 Å². The van der Waals surface area contributed by atoms with Crippen molar-refractivity contribution in [2.75, 3.05) is 0 Å². The molecule has 0 aliphatic rings. The molecular weight excluding hydrogens is 359 g/mol. The second-order valence-corrected chi connectivity index (χ2v) is 6.06. The van der Waals surface area contributed by atoms with Crippen LogP contribution in [0.3, 0.4) is 0 Å². The van der Waals surface area contributed by atoms with E-state index in [1.54, 1.807) is 6.07 Å². The van der Waals surface area contributed by atoms with Crippen molar-refractivity contribution >= 4 is 27.5 Å². The highest BCUT2D eigenvalue weighted by atomic mass is 79.9. The number of halogens is 3. The fourth-order valence-corrected chi connectivity index (χ4v) is 2.34. The summed E-state index contributed by atoms with van der Waals surface area (Å²) >= 11 is 8.99. The van der Waals surface area contributed by atoms with E-state index in [-0.39, 0.29) is 5.02 Å². The molecule has 21 heavy (non-hydrogen) atoms. The number of hydrogen-bond donors (Lipinski definition) is 1. The molecule has 0 unspecified atom stereocenters. The Morgan fingerprint density at radius 1 is 1.38 bits per heavy atom. The van der Waals surface area contributed by atoms with Gasteiger partial charge < -0.3 is 10.1 Å². The van der Waals surface area contributed by atoms with E-state index in [4.69, 9.17) is 16.3 Å². The summed E-state index contributed by atoms with van der Waals surface area (Å²) in [5, 5.41) is 3.31. The Hall–Kier alpha value is -1.17. The first-order valence-corrected chi connectivity index (χ1v) is 7.64. The van der Waals surface area contributed by atoms with Gasteiger partial charge in [0.2, 0.25) is 5.88 Å². The van der Waals surface area contributed by atoms with Crippen LogP contribution in [0.5, 0.6) is 11.6 Å². The van der Waals surface area contributed by atoms with Crippen molar-refractivity contribution in [2.24, 2.45) is 0 Å². The quantitative estimate of drug-likeness (QED) is 0.755. The number of benzene rings is 1. The molecule has 0 atom stereocenters. The smallest absolute Gasteiger partial charge is 0.219 e. The van der Waals surface area contributed by atoms with E-state index in [0.29, 0.717) is 28.7 Å². The number of nitrogens with one attached hydrogen (secondary N) is 1. The SMILES string of the molecule is CC(C)NCc1cccc(Oc2cc(F)c(Cl)cc2Br)n1. The molecule has 6 heteroatoms. The lowest BCUT2D eigenvalue weighted by atomic mass is 10.3. The Labute approximate surface area is 136 Å². The fraction of sp³-hybridized carbons (Fsp3) is 0.267. The largest absolute Gasteiger partial charge is 0.438 e. The van der Waals surface area contributed by atoms with Crippen molar-refractivity contribution in [3.05, 3.63) is 51.3 Å². The molecule has 2 rings (SSSR count). The summed E-state index contributed by atoms with van der Waals surface area (Å²) in [7, 11) is 0. The van der Waals surface area contributed by atoms with E-state index >= 15 is 0 Å². The number of pyridine rings is 1. The molecule has 0 bridgehead atoms. The summed E-state index contributed by atoms with van der Waals surface area (Å²) in [6, 6.07) is 8.52. The molecule has 0 saturated carbocycles. The molecule has 1 aromatic carbocycles. The molecule has 0 saturated heterocycles. The summed E-state index contributed by atoms with van der Waals surface area (Å²) in [4.78, 5) is 4.37. The molecule has 0 fully saturated rings. The van der Waals surface area contributed by atoms with Gasteiger partial charge in [-0.2, -0.15) is 0 Å². The van der Waals surface area contributed by atoms with Crippen molar-refractivity contribution < 1.29 is 9.13 Å². The summed E-state index contributed by atoms with van der Waals surface area (Å²) in [6.45, 7) is 4.77. The minimum absolute atomic E-state index is 0.0390. The van der Waals surface area contributed by atoms with E-state index in [1.165, 1.54) is 12.1 Å². The second-order valence-electron chi connectivity index (χ2n) is 4.80. The third-order valence-electron chi connectivity index (χ3n) is 2.66. The zero-order chi connectivity index (χ0) is 15.4. The third-order valence-corrected chi connectivity index (χ3v) is 3.57. The van der Waals surface area contributed by atoms with E-state index in [1.807, 2.05) is 12.1 Å². The van der Waals surface area contributed by atoms with Crippen LogP contribution in [0.15, 0.2) is 34.8 Å². The Bertz CT molecular complexity index is 637. The lowest BCUT2D eigenvalue weighted by molar-refractivity contribution is 0.451. The highest BCUT2D eigenvalue weighted by Crippen LogP contribution is 2.33. The Kier molecular flexibility index (Phi) is 5.56. The molecule has 112 valence electrons. The Morgan fingerprint density at radius 3 is 2.86 bits per heavy atom. The minimum Gasteiger partial charge on any atom is -0.438 e. The standard InChI is InChI=1S/C15H15BrClFN2O/c1-9(2)19-8-10-4-3-5-15(20-10)21-14-7-13(18)12(17)6-11(14)16/h3-7,9,19H,8H2,1-2H3. The number of hydrogen-bond acceptors (Lipinski definition) is 3. The van der Waals surface area contributed by atoms with E-state index < -0.39 is 5.82 Å². The molecule has 0 radical (unpaired) electrons. The normalized spacial score (nSPS) is 11.0. The summed E-state index contributed by atoms with van der Waals surface area (Å²) < 4.78 is 19.7. The average molecular weight is 374 g/mol. The van der Waals surface area contributed by atoms with Crippen LogP contribution < -0.4 is 10.1 Å². The number of nitrogens with zero attached hydrogens (tertiary/aromatic N) is 1. The fourth-order valence-electron chi connectivity index (χ4n) is 1.62. The molecule has 1 heterocycles. The average Bonchev–Trinajstić information content (AvgIpc) is 2.43. The Morgan fingerprint density at radius 2 is 2.14 bits per heavy atom. The van der Waals surface area contributed by atoms with Gasteiger partial charge in [-0.25, -0.2) is 9.37 Å². The van der Waals surface area contributed by atoms with Crippen molar-refractivity contribution in [1.29, 1.82) is 0 Å². The molecule has 0 spiro atoms. The number of rotatable bonds is 5. The van der Waals surface area contributed by atoms with Gasteiger partial charge in [-0.05, 0) is 28.1 Å². The number of aromatic nitrogens is 1. The van der Waals surface area contributed by atoms with Gasteiger partial charge in [-0.1, -0.05) is 31.5 Å². The van der Waals surface area contributed by atoms with Gasteiger partial charge in [0.25, 0.3) is 0 Å². The summed E-state index contributed by atoms with van der Waals surface area (Å²) in [5.74, 6) is 0.200. The molecule has 0 amide bonds. The lowest BCUT2D eigenvalue weighted by Gasteiger charge is -2.10. The maximum absolute atomic E-state index is 13.5. The first-order chi connectivity index (χ1) is 9.95. The van der Waals surface area contributed by atoms with Crippen molar-refractivity contribution in [3.63, 3.8) is 0 Å². The van der Waals surface area contributed by atoms with Crippen LogP contribution in [0.2, 0.25) is 5.02 Å². The second kappa shape index (κ2) is 7.20. The van der Waals surface area contributed by atoms with Crippen LogP contribution in [-0.4, -0.2) is 11.0 Å². The zero-order valence-corrected chi connectivity index (χ0v) is 14.0. The van der Waals surface area contributed by atoms with Crippen LogP contribution in [0.1, 0.15) is 19.5 Å². The molecular formula is C15H15BrClFN2O. The van der Waals surface area contributed by atoms with Crippen molar-refractivity contribution in [3.8, 4) is 11.6 Å². The van der Waals surface area contributed by atoms with Gasteiger partial charge >= 0.3 is 0 Å². The molecule has 0 aliphatic carbocycles. The predicted octanol–water partition coefficient (Wildman–Crippen LogP) is 4.93. The van der Waals surface area contributed by atoms with Gasteiger partial charge in [0.15, 0.2) is 0 Å². The maximum atomic E-state index is 13.5. The van der Waals surface area contributed by atoms with E-state index in [0.717, 1.165) is 5.69 Å². The summed E-state index contributed by atoms with van der Waals surface area (Å²) in [5.41, 5.74) is 0.853. The molecule has 0 aliphatic heterocycles. The maximum Gasteiger partial charge on any atom is 0.219 e. The molecule has 1 N–H and O–H groups in total. The lowest BCUT2D eigenvalue weighted by Crippen LogP contribution is -2.22. The van der Waals surface area contributed by atoms with Gasteiger partial charge in [0, 0.05) is 24.7 Å².